The van der Waals surface area contributed by atoms with Crippen molar-refractivity contribution >= 4 is 24.2 Å². The Morgan fingerprint density at radius 1 is 1.40 bits per heavy atom. The predicted molar refractivity (Wildman–Crippen MR) is 62.5 cm³/mol. The van der Waals surface area contributed by atoms with Gasteiger partial charge in [0.1, 0.15) is 0 Å². The number of nitrogens with two attached hydrogens (primary N) is 1. The summed E-state index contributed by atoms with van der Waals surface area (Å²) in [7, 11) is 0. The van der Waals surface area contributed by atoms with Crippen molar-refractivity contribution in [2.24, 2.45) is 0 Å². The van der Waals surface area contributed by atoms with Crippen molar-refractivity contribution in [3.63, 3.8) is 0 Å². The Labute approximate surface area is 94.9 Å². The van der Waals surface area contributed by atoms with E-state index in [4.69, 9.17) is 10.8 Å². The largest absolute Gasteiger partial charge is 0.465 e. The Kier molecular flexibility index (Phi) is 6.29. The smallest absolute Gasteiger partial charge is 0.404 e. The summed E-state index contributed by atoms with van der Waals surface area (Å²) in [5, 5.41) is 10.6. The molecule has 0 aliphatic heterocycles. The number of nitrogen functional groups attached to an aromatic ring is 1. The minimum absolute atomic E-state index is 0. The van der Waals surface area contributed by atoms with Crippen LogP contribution in [0.15, 0.2) is 24.3 Å². The molecule has 0 aliphatic rings. The lowest BCUT2D eigenvalue weighted by Gasteiger charge is -2.04. The van der Waals surface area contributed by atoms with Crippen molar-refractivity contribution in [3.05, 3.63) is 29.8 Å². The van der Waals surface area contributed by atoms with Crippen LogP contribution in [0.3, 0.4) is 0 Å². The number of carboxylic acid groups (broad SMARTS) is 1. The Morgan fingerprint density at radius 2 is 2.07 bits per heavy atom. The zero-order valence-electron chi connectivity index (χ0n) is 8.27. The van der Waals surface area contributed by atoms with E-state index in [9.17, 15) is 4.79 Å². The van der Waals surface area contributed by atoms with Gasteiger partial charge in [-0.2, -0.15) is 0 Å². The highest BCUT2D eigenvalue weighted by molar-refractivity contribution is 5.85. The van der Waals surface area contributed by atoms with E-state index in [0.717, 1.165) is 24.1 Å². The van der Waals surface area contributed by atoms with Gasteiger partial charge in [0, 0.05) is 12.2 Å². The summed E-state index contributed by atoms with van der Waals surface area (Å²) in [6, 6.07) is 7.61. The monoisotopic (exact) mass is 230 g/mol. The molecule has 1 amide bonds. The van der Waals surface area contributed by atoms with Crippen LogP contribution in [0.2, 0.25) is 0 Å². The number of aryl methyl sites for hydroxylation is 1. The lowest BCUT2D eigenvalue weighted by molar-refractivity contribution is 0.194. The number of hydrogen-bond acceptors (Lipinski definition) is 2. The van der Waals surface area contributed by atoms with Crippen molar-refractivity contribution in [2.75, 3.05) is 12.3 Å². The predicted octanol–water partition coefficient (Wildman–Crippen LogP) is 1.89. The highest BCUT2D eigenvalue weighted by Crippen LogP contribution is 2.11. The molecule has 0 atom stereocenters. The van der Waals surface area contributed by atoms with Crippen LogP contribution < -0.4 is 11.1 Å². The zero-order valence-corrected chi connectivity index (χ0v) is 9.09. The molecule has 84 valence electrons. The van der Waals surface area contributed by atoms with Crippen molar-refractivity contribution < 1.29 is 9.90 Å². The summed E-state index contributed by atoms with van der Waals surface area (Å²) in [5.74, 6) is 0. The fraction of sp³-hybridized carbons (Fsp3) is 0.300. The Morgan fingerprint density at radius 3 is 2.67 bits per heavy atom. The van der Waals surface area contributed by atoms with Gasteiger partial charge < -0.3 is 16.2 Å². The van der Waals surface area contributed by atoms with Crippen LogP contribution in [0.4, 0.5) is 10.5 Å². The van der Waals surface area contributed by atoms with E-state index >= 15 is 0 Å². The second kappa shape index (κ2) is 6.95. The minimum Gasteiger partial charge on any atom is -0.465 e. The standard InChI is InChI=1S/C10H14N2O2.ClH/c11-9-6-2-1-4-8(9)5-3-7-12-10(13)14;/h1-2,4,6,12H,3,5,7,11H2,(H,13,14);1H. The van der Waals surface area contributed by atoms with Gasteiger partial charge >= 0.3 is 6.09 Å². The van der Waals surface area contributed by atoms with Crippen molar-refractivity contribution in [3.8, 4) is 0 Å². The fourth-order valence-corrected chi connectivity index (χ4v) is 1.24. The molecule has 0 unspecified atom stereocenters. The molecule has 0 aliphatic carbocycles. The average molecular weight is 231 g/mol. The molecule has 4 nitrogen and oxygen atoms in total. The average Bonchev–Trinajstić information content (AvgIpc) is 2.15. The van der Waals surface area contributed by atoms with Gasteiger partial charge in [-0.15, -0.1) is 12.4 Å². The number of para-hydroxylation sites is 1. The van der Waals surface area contributed by atoms with E-state index in [2.05, 4.69) is 5.32 Å². The van der Waals surface area contributed by atoms with Gasteiger partial charge in [0.25, 0.3) is 0 Å². The second-order valence-electron chi connectivity index (χ2n) is 3.03. The van der Waals surface area contributed by atoms with E-state index < -0.39 is 6.09 Å². The molecular formula is C10H15ClN2O2. The topological polar surface area (TPSA) is 75.3 Å². The summed E-state index contributed by atoms with van der Waals surface area (Å²) < 4.78 is 0. The Bertz CT molecular complexity index is 318. The van der Waals surface area contributed by atoms with Crippen LogP contribution in [0.5, 0.6) is 0 Å². The van der Waals surface area contributed by atoms with Crippen LogP contribution in [0.25, 0.3) is 0 Å². The van der Waals surface area contributed by atoms with Crippen molar-refractivity contribution in [1.29, 1.82) is 0 Å². The number of amides is 1. The lowest BCUT2D eigenvalue weighted by atomic mass is 10.1. The van der Waals surface area contributed by atoms with Gasteiger partial charge in [-0.3, -0.25) is 0 Å². The minimum atomic E-state index is -0.981. The first-order valence-electron chi connectivity index (χ1n) is 4.50. The number of nitrogens with one attached hydrogen (secondary N) is 1. The maximum atomic E-state index is 10.1. The van der Waals surface area contributed by atoms with Gasteiger partial charge in [0.05, 0.1) is 0 Å². The third-order valence-corrected chi connectivity index (χ3v) is 1.95. The van der Waals surface area contributed by atoms with Crippen molar-refractivity contribution in [2.45, 2.75) is 12.8 Å². The maximum Gasteiger partial charge on any atom is 0.404 e. The summed E-state index contributed by atoms with van der Waals surface area (Å²) >= 11 is 0. The molecule has 0 saturated heterocycles. The summed E-state index contributed by atoms with van der Waals surface area (Å²) in [6.45, 7) is 0.462. The molecule has 1 rings (SSSR count). The highest BCUT2D eigenvalue weighted by atomic mass is 35.5. The molecule has 1 aromatic rings. The van der Waals surface area contributed by atoms with E-state index in [0.29, 0.717) is 6.54 Å². The van der Waals surface area contributed by atoms with Gasteiger partial charge in [-0.05, 0) is 24.5 Å². The molecule has 0 heterocycles. The summed E-state index contributed by atoms with van der Waals surface area (Å²) in [6.07, 6.45) is 0.582. The molecule has 15 heavy (non-hydrogen) atoms. The molecule has 0 spiro atoms. The fourth-order valence-electron chi connectivity index (χ4n) is 1.24. The lowest BCUT2D eigenvalue weighted by Crippen LogP contribution is -2.22. The van der Waals surface area contributed by atoms with E-state index in [1.807, 2.05) is 24.3 Å². The van der Waals surface area contributed by atoms with Gasteiger partial charge in [0.15, 0.2) is 0 Å². The zero-order chi connectivity index (χ0) is 10.4. The SMILES string of the molecule is Cl.Nc1ccccc1CCCNC(=O)O. The van der Waals surface area contributed by atoms with Crippen LogP contribution in [-0.4, -0.2) is 17.7 Å². The van der Waals surface area contributed by atoms with E-state index in [-0.39, 0.29) is 12.4 Å². The third kappa shape index (κ3) is 5.12. The first-order chi connectivity index (χ1) is 6.70. The van der Waals surface area contributed by atoms with E-state index in [1.165, 1.54) is 0 Å². The molecule has 0 saturated carbocycles. The quantitative estimate of drug-likeness (QED) is 0.546. The third-order valence-electron chi connectivity index (χ3n) is 1.95. The molecule has 0 aromatic heterocycles. The summed E-state index contributed by atoms with van der Waals surface area (Å²) in [4.78, 5) is 10.1. The van der Waals surface area contributed by atoms with Crippen LogP contribution in [0.1, 0.15) is 12.0 Å². The summed E-state index contributed by atoms with van der Waals surface area (Å²) in [5.41, 5.74) is 7.56. The molecule has 0 fully saturated rings. The van der Waals surface area contributed by atoms with Crippen LogP contribution >= 0.6 is 12.4 Å². The van der Waals surface area contributed by atoms with Gasteiger partial charge in [-0.1, -0.05) is 18.2 Å². The molecule has 4 N–H and O–H groups in total. The first kappa shape index (κ1) is 13.6. The molecule has 0 bridgehead atoms. The highest BCUT2D eigenvalue weighted by Gasteiger charge is 1.98. The number of benzene rings is 1. The molecule has 5 heteroatoms. The first-order valence-corrected chi connectivity index (χ1v) is 4.50. The molecule has 1 aromatic carbocycles. The van der Waals surface area contributed by atoms with Crippen LogP contribution in [0, 0.1) is 0 Å². The maximum absolute atomic E-state index is 10.1. The van der Waals surface area contributed by atoms with Gasteiger partial charge in [-0.25, -0.2) is 4.79 Å². The van der Waals surface area contributed by atoms with Crippen LogP contribution in [-0.2, 0) is 6.42 Å². The number of carbonyl (C=O) groups is 1. The number of hydrogen-bond donors (Lipinski definition) is 3. The second-order valence-corrected chi connectivity index (χ2v) is 3.03. The number of anilines is 1. The number of halogens is 1. The molecular weight excluding hydrogens is 216 g/mol. The Hall–Kier alpha value is -1.42. The number of rotatable bonds is 4. The van der Waals surface area contributed by atoms with E-state index in [1.54, 1.807) is 0 Å². The Balaban J connectivity index is 0.00000196. The normalized spacial score (nSPS) is 9.07. The van der Waals surface area contributed by atoms with Gasteiger partial charge in [0.2, 0.25) is 0 Å². The molecule has 0 radical (unpaired) electrons. The van der Waals surface area contributed by atoms with Crippen molar-refractivity contribution in [1.82, 2.24) is 5.32 Å².